The average Bonchev–Trinajstić information content (AvgIpc) is 3.11. The van der Waals surface area contributed by atoms with Crippen molar-refractivity contribution in [1.29, 1.82) is 0 Å². The van der Waals surface area contributed by atoms with E-state index in [1.807, 2.05) is 24.3 Å². The summed E-state index contributed by atoms with van der Waals surface area (Å²) >= 11 is 0. The van der Waals surface area contributed by atoms with Gasteiger partial charge in [-0.25, -0.2) is 4.98 Å². The summed E-state index contributed by atoms with van der Waals surface area (Å²) < 4.78 is 7.08. The third-order valence-corrected chi connectivity index (χ3v) is 4.53. The van der Waals surface area contributed by atoms with Crippen LogP contribution in [0.3, 0.4) is 0 Å². The van der Waals surface area contributed by atoms with Crippen LogP contribution in [-0.4, -0.2) is 52.6 Å². The van der Waals surface area contributed by atoms with Crippen LogP contribution in [0.2, 0.25) is 0 Å². The Morgan fingerprint density at radius 3 is 2.74 bits per heavy atom. The molecule has 0 aliphatic carbocycles. The lowest BCUT2D eigenvalue weighted by atomic mass is 10.1. The van der Waals surface area contributed by atoms with Gasteiger partial charge >= 0.3 is 0 Å². The Balaban J connectivity index is 1.44. The molecule has 0 radical (unpaired) electrons. The van der Waals surface area contributed by atoms with Gasteiger partial charge < -0.3 is 19.5 Å². The molecule has 1 fully saturated rings. The lowest BCUT2D eigenvalue weighted by Crippen LogP contribution is -2.40. The number of hydrogen-bond acceptors (Lipinski definition) is 4. The van der Waals surface area contributed by atoms with Crippen LogP contribution in [-0.2, 0) is 16.1 Å². The SMILES string of the molecule is O=C(Cn1cnc2ccccc21)Nc1cccc(C(=O)N2CCOCC2)c1. The van der Waals surface area contributed by atoms with Gasteiger partial charge in [0.1, 0.15) is 6.54 Å². The second-order valence-electron chi connectivity index (χ2n) is 6.39. The molecule has 2 amide bonds. The highest BCUT2D eigenvalue weighted by atomic mass is 16.5. The number of morpholine rings is 1. The molecule has 0 atom stereocenters. The van der Waals surface area contributed by atoms with E-state index in [1.54, 1.807) is 40.1 Å². The van der Waals surface area contributed by atoms with Crippen LogP contribution in [0.15, 0.2) is 54.9 Å². The van der Waals surface area contributed by atoms with Gasteiger partial charge in [0.25, 0.3) is 5.91 Å². The standard InChI is InChI=1S/C20H20N4O3/c25-19(13-24-14-21-17-6-1-2-7-18(17)24)22-16-5-3-4-15(12-16)20(26)23-8-10-27-11-9-23/h1-7,12,14H,8-11,13H2,(H,22,25). The molecule has 0 unspecified atom stereocenters. The molecule has 1 aromatic heterocycles. The zero-order valence-corrected chi connectivity index (χ0v) is 14.8. The van der Waals surface area contributed by atoms with Crippen molar-refractivity contribution in [2.45, 2.75) is 6.54 Å². The van der Waals surface area contributed by atoms with E-state index in [2.05, 4.69) is 10.3 Å². The van der Waals surface area contributed by atoms with Gasteiger partial charge in [-0.15, -0.1) is 0 Å². The minimum absolute atomic E-state index is 0.0463. The van der Waals surface area contributed by atoms with Gasteiger partial charge in [-0.2, -0.15) is 0 Å². The fourth-order valence-corrected chi connectivity index (χ4v) is 3.17. The van der Waals surface area contributed by atoms with Gasteiger partial charge in [-0.3, -0.25) is 9.59 Å². The molecule has 138 valence electrons. The van der Waals surface area contributed by atoms with Crippen molar-refractivity contribution in [3.05, 3.63) is 60.4 Å². The van der Waals surface area contributed by atoms with Crippen molar-refractivity contribution in [3.63, 3.8) is 0 Å². The third kappa shape index (κ3) is 3.83. The highest BCUT2D eigenvalue weighted by Crippen LogP contribution is 2.15. The first kappa shape index (κ1) is 17.2. The van der Waals surface area contributed by atoms with Gasteiger partial charge in [0.2, 0.25) is 5.91 Å². The van der Waals surface area contributed by atoms with Gasteiger partial charge in [-0.05, 0) is 30.3 Å². The molecule has 1 N–H and O–H groups in total. The highest BCUT2D eigenvalue weighted by molar-refractivity contribution is 5.97. The molecule has 1 aliphatic rings. The number of amides is 2. The Kier molecular flexibility index (Phi) is 4.84. The molecule has 7 heteroatoms. The van der Waals surface area contributed by atoms with E-state index in [9.17, 15) is 9.59 Å². The summed E-state index contributed by atoms with van der Waals surface area (Å²) in [7, 11) is 0. The van der Waals surface area contributed by atoms with Crippen LogP contribution < -0.4 is 5.32 Å². The Labute approximate surface area is 156 Å². The fraction of sp³-hybridized carbons (Fsp3) is 0.250. The van der Waals surface area contributed by atoms with E-state index >= 15 is 0 Å². The Morgan fingerprint density at radius 1 is 1.07 bits per heavy atom. The van der Waals surface area contributed by atoms with Gasteiger partial charge in [0, 0.05) is 24.3 Å². The molecule has 4 rings (SSSR count). The monoisotopic (exact) mass is 364 g/mol. The van der Waals surface area contributed by atoms with E-state index in [4.69, 9.17) is 4.74 Å². The number of imidazole rings is 1. The maximum Gasteiger partial charge on any atom is 0.254 e. The molecular formula is C20H20N4O3. The average molecular weight is 364 g/mol. The van der Waals surface area contributed by atoms with Crippen LogP contribution in [0.5, 0.6) is 0 Å². The van der Waals surface area contributed by atoms with E-state index in [0.717, 1.165) is 11.0 Å². The number of benzene rings is 2. The van der Waals surface area contributed by atoms with Crippen molar-refractivity contribution < 1.29 is 14.3 Å². The number of nitrogens with one attached hydrogen (secondary N) is 1. The van der Waals surface area contributed by atoms with Crippen LogP contribution >= 0.6 is 0 Å². The smallest absolute Gasteiger partial charge is 0.254 e. The topological polar surface area (TPSA) is 76.5 Å². The lowest BCUT2D eigenvalue weighted by molar-refractivity contribution is -0.116. The van der Waals surface area contributed by atoms with Crippen LogP contribution in [0.25, 0.3) is 11.0 Å². The minimum atomic E-state index is -0.172. The molecule has 27 heavy (non-hydrogen) atoms. The molecule has 2 heterocycles. The Morgan fingerprint density at radius 2 is 1.89 bits per heavy atom. The summed E-state index contributed by atoms with van der Waals surface area (Å²) in [6.45, 7) is 2.44. The maximum absolute atomic E-state index is 12.6. The van der Waals surface area contributed by atoms with E-state index < -0.39 is 0 Å². The van der Waals surface area contributed by atoms with Crippen molar-refractivity contribution >= 4 is 28.5 Å². The molecule has 1 saturated heterocycles. The normalized spacial score (nSPS) is 14.3. The molecule has 0 spiro atoms. The predicted molar refractivity (Wildman–Crippen MR) is 102 cm³/mol. The molecule has 0 bridgehead atoms. The number of ether oxygens (including phenoxy) is 1. The Hall–Kier alpha value is -3.19. The zero-order chi connectivity index (χ0) is 18.6. The summed E-state index contributed by atoms with van der Waals surface area (Å²) in [5, 5.41) is 2.86. The summed E-state index contributed by atoms with van der Waals surface area (Å²) in [4.78, 5) is 31.1. The number of carbonyl (C=O) groups is 2. The first-order valence-corrected chi connectivity index (χ1v) is 8.87. The highest BCUT2D eigenvalue weighted by Gasteiger charge is 2.18. The van der Waals surface area contributed by atoms with E-state index in [1.165, 1.54) is 0 Å². The largest absolute Gasteiger partial charge is 0.378 e. The first-order chi connectivity index (χ1) is 13.2. The van der Waals surface area contributed by atoms with Crippen molar-refractivity contribution in [2.24, 2.45) is 0 Å². The zero-order valence-electron chi connectivity index (χ0n) is 14.8. The molecule has 2 aromatic carbocycles. The van der Waals surface area contributed by atoms with E-state index in [0.29, 0.717) is 37.6 Å². The molecule has 3 aromatic rings. The second-order valence-corrected chi connectivity index (χ2v) is 6.39. The van der Waals surface area contributed by atoms with Gasteiger partial charge in [0.15, 0.2) is 0 Å². The quantitative estimate of drug-likeness (QED) is 0.770. The summed E-state index contributed by atoms with van der Waals surface area (Å²) in [5.74, 6) is -0.218. The third-order valence-electron chi connectivity index (χ3n) is 4.53. The number of fused-ring (bicyclic) bond motifs is 1. The van der Waals surface area contributed by atoms with Gasteiger partial charge in [-0.1, -0.05) is 18.2 Å². The number of hydrogen-bond donors (Lipinski definition) is 1. The second kappa shape index (κ2) is 7.59. The summed E-state index contributed by atoms with van der Waals surface area (Å²) in [5.41, 5.74) is 2.92. The number of aromatic nitrogens is 2. The number of carbonyl (C=O) groups excluding carboxylic acids is 2. The van der Waals surface area contributed by atoms with Crippen molar-refractivity contribution in [3.8, 4) is 0 Å². The number of para-hydroxylation sites is 2. The van der Waals surface area contributed by atoms with Crippen LogP contribution in [0.4, 0.5) is 5.69 Å². The summed E-state index contributed by atoms with van der Waals surface area (Å²) in [6, 6.07) is 14.7. The molecule has 7 nitrogen and oxygen atoms in total. The van der Waals surface area contributed by atoms with Crippen LogP contribution in [0, 0.1) is 0 Å². The predicted octanol–water partition coefficient (Wildman–Crippen LogP) is 2.15. The number of anilines is 1. The first-order valence-electron chi connectivity index (χ1n) is 8.87. The van der Waals surface area contributed by atoms with Crippen molar-refractivity contribution in [2.75, 3.05) is 31.6 Å². The van der Waals surface area contributed by atoms with E-state index in [-0.39, 0.29) is 18.4 Å². The molecular weight excluding hydrogens is 344 g/mol. The van der Waals surface area contributed by atoms with Crippen molar-refractivity contribution in [1.82, 2.24) is 14.5 Å². The minimum Gasteiger partial charge on any atom is -0.378 e. The number of nitrogens with zero attached hydrogens (tertiary/aromatic N) is 3. The van der Waals surface area contributed by atoms with Crippen LogP contribution in [0.1, 0.15) is 10.4 Å². The number of rotatable bonds is 4. The molecule has 1 aliphatic heterocycles. The fourth-order valence-electron chi connectivity index (χ4n) is 3.17. The lowest BCUT2D eigenvalue weighted by Gasteiger charge is -2.27. The van der Waals surface area contributed by atoms with Gasteiger partial charge in [0.05, 0.1) is 30.6 Å². The Bertz CT molecular complexity index is 976. The summed E-state index contributed by atoms with van der Waals surface area (Å²) in [6.07, 6.45) is 1.66. The molecule has 0 saturated carbocycles. The maximum atomic E-state index is 12.6.